The molecule has 4 atom stereocenters. The van der Waals surface area contributed by atoms with E-state index in [1.165, 1.54) is 0 Å². The van der Waals surface area contributed by atoms with Gasteiger partial charge in [-0.05, 0) is 19.8 Å². The molecule has 17 heavy (non-hydrogen) atoms. The number of benzene rings is 1. The van der Waals surface area contributed by atoms with Gasteiger partial charge in [0.15, 0.2) is 5.72 Å². The lowest BCUT2D eigenvalue weighted by Crippen LogP contribution is -2.45. The molecule has 3 aliphatic rings. The summed E-state index contributed by atoms with van der Waals surface area (Å²) in [5.74, 6) is 0.421. The first-order valence-electron chi connectivity index (χ1n) is 6.25. The summed E-state index contributed by atoms with van der Waals surface area (Å²) in [7, 11) is 0. The van der Waals surface area contributed by atoms with Gasteiger partial charge in [-0.15, -0.1) is 0 Å². The third kappa shape index (κ3) is 0.879. The summed E-state index contributed by atoms with van der Waals surface area (Å²) in [6.07, 6.45) is 2.08. The molecule has 3 fully saturated rings. The monoisotopic (exact) mass is 229 g/mol. The van der Waals surface area contributed by atoms with Crippen LogP contribution in [0.25, 0.3) is 0 Å². The minimum absolute atomic E-state index is 0.0442. The van der Waals surface area contributed by atoms with Gasteiger partial charge in [-0.3, -0.25) is 0 Å². The number of carbonyl (C=O) groups excluding carboxylic acids is 1. The van der Waals surface area contributed by atoms with E-state index in [2.05, 4.69) is 17.0 Å². The Hall–Kier alpha value is -1.35. The van der Waals surface area contributed by atoms with Crippen LogP contribution in [0.3, 0.4) is 0 Å². The highest BCUT2D eigenvalue weighted by Gasteiger charge is 2.73. The van der Waals surface area contributed by atoms with Crippen molar-refractivity contribution in [1.29, 1.82) is 0 Å². The lowest BCUT2D eigenvalue weighted by atomic mass is 9.83. The number of carbonyl (C=O) groups is 1. The van der Waals surface area contributed by atoms with Crippen molar-refractivity contribution in [3.8, 4) is 0 Å². The zero-order valence-electron chi connectivity index (χ0n) is 9.85. The Balaban J connectivity index is 1.93. The minimum atomic E-state index is -0.451. The van der Waals surface area contributed by atoms with Gasteiger partial charge in [0.05, 0.1) is 0 Å². The van der Waals surface area contributed by atoms with Gasteiger partial charge >= 0.3 is 5.97 Å². The molecule has 1 unspecified atom stereocenters. The Bertz CT molecular complexity index is 500. The van der Waals surface area contributed by atoms with E-state index in [9.17, 15) is 4.79 Å². The fourth-order valence-corrected chi connectivity index (χ4v) is 4.02. The zero-order valence-corrected chi connectivity index (χ0v) is 9.85. The van der Waals surface area contributed by atoms with Gasteiger partial charge in [0.1, 0.15) is 5.54 Å². The smallest absolute Gasteiger partial charge is 0.328 e. The standard InChI is InChI=1S/C14H15NO2/c1-13-9-11-7-8-15(13)14(11,17-12(13)16)10-5-3-2-4-6-10/h2-6,11H,7-9H2,1H3/t11-,13+,14+/m1/s1. The van der Waals surface area contributed by atoms with Gasteiger partial charge in [0, 0.05) is 18.0 Å². The van der Waals surface area contributed by atoms with Crippen molar-refractivity contribution in [2.24, 2.45) is 5.92 Å². The topological polar surface area (TPSA) is 29.5 Å². The summed E-state index contributed by atoms with van der Waals surface area (Å²) in [5.41, 5.74) is 0.309. The van der Waals surface area contributed by atoms with Crippen LogP contribution < -0.4 is 0 Å². The molecule has 1 aromatic carbocycles. The predicted molar refractivity (Wildman–Crippen MR) is 62.0 cm³/mol. The second-order valence-electron chi connectivity index (χ2n) is 5.57. The van der Waals surface area contributed by atoms with E-state index in [4.69, 9.17) is 4.74 Å². The van der Waals surface area contributed by atoms with E-state index in [1.807, 2.05) is 25.1 Å². The Morgan fingerprint density at radius 3 is 2.82 bits per heavy atom. The van der Waals surface area contributed by atoms with Gasteiger partial charge in [-0.1, -0.05) is 30.3 Å². The first kappa shape index (κ1) is 9.66. The van der Waals surface area contributed by atoms with Gasteiger partial charge in [0.2, 0.25) is 0 Å². The Morgan fingerprint density at radius 2 is 2.12 bits per heavy atom. The maximum atomic E-state index is 12.1. The molecule has 0 aliphatic carbocycles. The fraction of sp³-hybridized carbons (Fsp3) is 0.500. The molecule has 0 spiro atoms. The second-order valence-corrected chi connectivity index (χ2v) is 5.57. The van der Waals surface area contributed by atoms with Gasteiger partial charge in [-0.2, -0.15) is 0 Å². The summed E-state index contributed by atoms with van der Waals surface area (Å²) < 4.78 is 5.81. The molecule has 0 N–H and O–H groups in total. The van der Waals surface area contributed by atoms with Gasteiger partial charge in [0.25, 0.3) is 0 Å². The van der Waals surface area contributed by atoms with Crippen LogP contribution in [-0.2, 0) is 15.3 Å². The maximum absolute atomic E-state index is 12.1. The number of rotatable bonds is 1. The van der Waals surface area contributed by atoms with Crippen molar-refractivity contribution in [1.82, 2.24) is 4.90 Å². The van der Waals surface area contributed by atoms with E-state index >= 15 is 0 Å². The third-order valence-electron chi connectivity index (χ3n) is 4.77. The van der Waals surface area contributed by atoms with Crippen LogP contribution in [0.5, 0.6) is 0 Å². The van der Waals surface area contributed by atoms with E-state index < -0.39 is 5.72 Å². The molecular formula is C14H15NO2. The molecule has 3 nitrogen and oxygen atoms in total. The highest BCUT2D eigenvalue weighted by molar-refractivity contribution is 5.85. The number of esters is 1. The van der Waals surface area contributed by atoms with Crippen molar-refractivity contribution >= 4 is 5.97 Å². The average Bonchev–Trinajstić information content (AvgIpc) is 2.89. The molecule has 0 saturated carbocycles. The first-order chi connectivity index (χ1) is 8.18. The molecule has 3 saturated heterocycles. The Labute approximate surface area is 100 Å². The van der Waals surface area contributed by atoms with Crippen molar-refractivity contribution in [3.63, 3.8) is 0 Å². The molecule has 0 amide bonds. The maximum Gasteiger partial charge on any atom is 0.328 e. The van der Waals surface area contributed by atoms with Crippen LogP contribution >= 0.6 is 0 Å². The lowest BCUT2D eigenvalue weighted by molar-refractivity contribution is -0.164. The number of nitrogens with zero attached hydrogens (tertiary/aromatic N) is 1. The molecule has 0 aromatic heterocycles. The molecule has 4 bridgehead atoms. The Morgan fingerprint density at radius 1 is 1.35 bits per heavy atom. The van der Waals surface area contributed by atoms with Gasteiger partial charge < -0.3 is 4.74 Å². The fourth-order valence-electron chi connectivity index (χ4n) is 4.02. The minimum Gasteiger partial charge on any atom is -0.438 e. The zero-order chi connectivity index (χ0) is 11.7. The van der Waals surface area contributed by atoms with Crippen molar-refractivity contribution < 1.29 is 9.53 Å². The summed E-state index contributed by atoms with van der Waals surface area (Å²) in [4.78, 5) is 14.3. The largest absolute Gasteiger partial charge is 0.438 e. The van der Waals surface area contributed by atoms with Gasteiger partial charge in [-0.25, -0.2) is 9.69 Å². The SMILES string of the molecule is C[C@@]12C[C@H]3CCN1[C@@]3(c1ccccc1)OC2=O. The van der Waals surface area contributed by atoms with Crippen LogP contribution in [0.4, 0.5) is 0 Å². The molecule has 0 radical (unpaired) electrons. The molecule has 3 heterocycles. The summed E-state index contributed by atoms with van der Waals surface area (Å²) in [5, 5.41) is 0. The van der Waals surface area contributed by atoms with Crippen molar-refractivity contribution in [2.75, 3.05) is 6.54 Å². The number of hydrogen-bond donors (Lipinski definition) is 0. The van der Waals surface area contributed by atoms with E-state index in [-0.39, 0.29) is 11.5 Å². The molecule has 3 heteroatoms. The van der Waals surface area contributed by atoms with Crippen LogP contribution in [0.15, 0.2) is 30.3 Å². The molecule has 88 valence electrons. The van der Waals surface area contributed by atoms with E-state index in [1.54, 1.807) is 0 Å². The number of hydrogen-bond acceptors (Lipinski definition) is 3. The van der Waals surface area contributed by atoms with Crippen molar-refractivity contribution in [2.45, 2.75) is 31.0 Å². The predicted octanol–water partition coefficient (Wildman–Crippen LogP) is 1.88. The quantitative estimate of drug-likeness (QED) is 0.689. The second kappa shape index (κ2) is 2.72. The summed E-state index contributed by atoms with van der Waals surface area (Å²) in [6.45, 7) is 3.00. The highest BCUT2D eigenvalue weighted by Crippen LogP contribution is 2.62. The summed E-state index contributed by atoms with van der Waals surface area (Å²) in [6, 6.07) is 10.2. The van der Waals surface area contributed by atoms with Crippen LogP contribution in [-0.4, -0.2) is 23.0 Å². The van der Waals surface area contributed by atoms with E-state index in [0.29, 0.717) is 5.92 Å². The lowest BCUT2D eigenvalue weighted by Gasteiger charge is -2.31. The highest BCUT2D eigenvalue weighted by atomic mass is 16.6. The van der Waals surface area contributed by atoms with Crippen LogP contribution in [0, 0.1) is 5.92 Å². The third-order valence-corrected chi connectivity index (χ3v) is 4.77. The van der Waals surface area contributed by atoms with Crippen LogP contribution in [0.2, 0.25) is 0 Å². The van der Waals surface area contributed by atoms with Crippen LogP contribution in [0.1, 0.15) is 25.3 Å². The number of ether oxygens (including phenoxy) is 1. The molecular weight excluding hydrogens is 214 g/mol. The average molecular weight is 229 g/mol. The normalized spacial score (nSPS) is 46.3. The van der Waals surface area contributed by atoms with Crippen molar-refractivity contribution in [3.05, 3.63) is 35.9 Å². The number of piperidine rings is 1. The summed E-state index contributed by atoms with van der Waals surface area (Å²) >= 11 is 0. The molecule has 4 rings (SSSR count). The molecule has 1 aromatic rings. The molecule has 3 aliphatic heterocycles. The van der Waals surface area contributed by atoms with E-state index in [0.717, 1.165) is 24.9 Å². The Kier molecular flexibility index (Phi) is 1.55. The first-order valence-corrected chi connectivity index (χ1v) is 6.25.